The van der Waals surface area contributed by atoms with E-state index < -0.39 is 5.91 Å². The van der Waals surface area contributed by atoms with Gasteiger partial charge in [0.05, 0.1) is 0 Å². The highest BCUT2D eigenvalue weighted by molar-refractivity contribution is 5.91. The first-order valence-electron chi connectivity index (χ1n) is 7.77. The van der Waals surface area contributed by atoms with Crippen LogP contribution in [0.1, 0.15) is 37.2 Å². The van der Waals surface area contributed by atoms with Crippen molar-refractivity contribution in [1.29, 1.82) is 0 Å². The van der Waals surface area contributed by atoms with Gasteiger partial charge in [-0.1, -0.05) is 13.8 Å². The van der Waals surface area contributed by atoms with Crippen LogP contribution in [0.4, 0.5) is 5.69 Å². The highest BCUT2D eigenvalue weighted by Gasteiger charge is 2.19. The number of nitrogens with one attached hydrogen (secondary N) is 1. The van der Waals surface area contributed by atoms with E-state index in [1.807, 2.05) is 6.07 Å². The van der Waals surface area contributed by atoms with Gasteiger partial charge in [-0.15, -0.1) is 0 Å². The summed E-state index contributed by atoms with van der Waals surface area (Å²) in [5, 5.41) is 3.54. The lowest BCUT2D eigenvalue weighted by atomic mass is 9.96. The number of hydrogen-bond donors (Lipinski definition) is 2. The molecule has 1 aliphatic rings. The molecular weight excluding hydrogens is 264 g/mol. The number of carbonyl (C=O) groups excluding carboxylic acids is 1. The molecule has 0 aliphatic carbocycles. The van der Waals surface area contributed by atoms with Crippen molar-refractivity contribution < 1.29 is 4.79 Å². The SMILES string of the molecule is CC(C)CNCC1CCN(c2ccnc(C(N)=O)c2)CC1. The molecule has 5 heteroatoms. The van der Waals surface area contributed by atoms with Gasteiger partial charge in [-0.05, 0) is 49.9 Å². The molecule has 0 saturated carbocycles. The minimum absolute atomic E-state index is 0.341. The van der Waals surface area contributed by atoms with Crippen LogP contribution in [0.3, 0.4) is 0 Å². The zero-order chi connectivity index (χ0) is 15.2. The van der Waals surface area contributed by atoms with Crippen LogP contribution in [0.2, 0.25) is 0 Å². The molecule has 1 fully saturated rings. The smallest absolute Gasteiger partial charge is 0.267 e. The lowest BCUT2D eigenvalue weighted by molar-refractivity contribution is 0.0995. The van der Waals surface area contributed by atoms with Crippen LogP contribution in [-0.2, 0) is 0 Å². The Bertz CT molecular complexity index is 467. The zero-order valence-electron chi connectivity index (χ0n) is 13.0. The third-order valence-corrected chi connectivity index (χ3v) is 3.96. The summed E-state index contributed by atoms with van der Waals surface area (Å²) >= 11 is 0. The highest BCUT2D eigenvalue weighted by atomic mass is 16.1. The van der Waals surface area contributed by atoms with Gasteiger partial charge in [-0.3, -0.25) is 9.78 Å². The van der Waals surface area contributed by atoms with Gasteiger partial charge < -0.3 is 16.0 Å². The van der Waals surface area contributed by atoms with Gasteiger partial charge >= 0.3 is 0 Å². The second-order valence-electron chi connectivity index (χ2n) is 6.25. The Balaban J connectivity index is 1.83. The van der Waals surface area contributed by atoms with E-state index in [4.69, 9.17) is 5.73 Å². The van der Waals surface area contributed by atoms with Gasteiger partial charge in [0.1, 0.15) is 5.69 Å². The number of aromatic nitrogens is 1. The first kappa shape index (κ1) is 15.8. The minimum atomic E-state index is -0.468. The number of nitrogens with zero attached hydrogens (tertiary/aromatic N) is 2. The Morgan fingerprint density at radius 1 is 1.48 bits per heavy atom. The molecule has 0 unspecified atom stereocenters. The van der Waals surface area contributed by atoms with E-state index in [2.05, 4.69) is 29.0 Å². The second-order valence-corrected chi connectivity index (χ2v) is 6.25. The third-order valence-electron chi connectivity index (χ3n) is 3.96. The first-order valence-corrected chi connectivity index (χ1v) is 7.77. The molecule has 0 bridgehead atoms. The average molecular weight is 290 g/mol. The molecule has 0 radical (unpaired) electrons. The van der Waals surface area contributed by atoms with Gasteiger partial charge in [0.25, 0.3) is 5.91 Å². The molecule has 0 spiro atoms. The number of primary amides is 1. The molecule has 1 aromatic heterocycles. The molecule has 1 saturated heterocycles. The van der Waals surface area contributed by atoms with Crippen molar-refractivity contribution in [3.05, 3.63) is 24.0 Å². The van der Waals surface area contributed by atoms with E-state index in [0.717, 1.165) is 37.8 Å². The van der Waals surface area contributed by atoms with E-state index >= 15 is 0 Å². The van der Waals surface area contributed by atoms with E-state index in [1.54, 1.807) is 12.3 Å². The number of piperidine rings is 1. The Hall–Kier alpha value is -1.62. The predicted octanol–water partition coefficient (Wildman–Crippen LogP) is 1.64. The van der Waals surface area contributed by atoms with Crippen LogP contribution in [-0.4, -0.2) is 37.1 Å². The molecule has 2 rings (SSSR count). The first-order chi connectivity index (χ1) is 10.1. The molecule has 3 N–H and O–H groups in total. The number of hydrogen-bond acceptors (Lipinski definition) is 4. The van der Waals surface area contributed by atoms with E-state index in [0.29, 0.717) is 11.6 Å². The molecule has 0 aromatic carbocycles. The van der Waals surface area contributed by atoms with Gasteiger partial charge in [-0.2, -0.15) is 0 Å². The van der Waals surface area contributed by atoms with E-state index in [-0.39, 0.29) is 0 Å². The molecule has 116 valence electrons. The molecular formula is C16H26N4O. The number of rotatable bonds is 6. The van der Waals surface area contributed by atoms with Gasteiger partial charge in [0, 0.05) is 25.0 Å². The third kappa shape index (κ3) is 4.70. The summed E-state index contributed by atoms with van der Waals surface area (Å²) in [4.78, 5) is 17.5. The fraction of sp³-hybridized carbons (Fsp3) is 0.625. The lowest BCUT2D eigenvalue weighted by Gasteiger charge is -2.34. The number of anilines is 1. The molecule has 5 nitrogen and oxygen atoms in total. The van der Waals surface area contributed by atoms with E-state index in [9.17, 15) is 4.79 Å². The van der Waals surface area contributed by atoms with Gasteiger partial charge in [-0.25, -0.2) is 0 Å². The van der Waals surface area contributed by atoms with Crippen molar-refractivity contribution in [2.75, 3.05) is 31.1 Å². The standard InChI is InChI=1S/C16H26N4O/c1-12(2)10-18-11-13-4-7-20(8-5-13)14-3-6-19-15(9-14)16(17)21/h3,6,9,12-13,18H,4-5,7-8,10-11H2,1-2H3,(H2,17,21). The fourth-order valence-electron chi connectivity index (χ4n) is 2.72. The molecule has 0 atom stereocenters. The molecule has 1 aliphatic heterocycles. The van der Waals surface area contributed by atoms with Crippen LogP contribution in [0, 0.1) is 11.8 Å². The summed E-state index contributed by atoms with van der Waals surface area (Å²) in [6.07, 6.45) is 4.02. The number of carbonyl (C=O) groups is 1. The summed E-state index contributed by atoms with van der Waals surface area (Å²) in [7, 11) is 0. The predicted molar refractivity (Wildman–Crippen MR) is 85.4 cm³/mol. The van der Waals surface area contributed by atoms with Crippen LogP contribution < -0.4 is 16.0 Å². The van der Waals surface area contributed by atoms with Crippen molar-refractivity contribution >= 4 is 11.6 Å². The minimum Gasteiger partial charge on any atom is -0.371 e. The summed E-state index contributed by atoms with van der Waals surface area (Å²) in [5.74, 6) is 0.983. The summed E-state index contributed by atoms with van der Waals surface area (Å²) in [6, 6.07) is 3.74. The normalized spacial score (nSPS) is 16.4. The summed E-state index contributed by atoms with van der Waals surface area (Å²) in [6.45, 7) is 8.71. The Morgan fingerprint density at radius 3 is 2.81 bits per heavy atom. The average Bonchev–Trinajstić information content (AvgIpc) is 2.48. The molecule has 1 aromatic rings. The fourth-order valence-corrected chi connectivity index (χ4v) is 2.72. The van der Waals surface area contributed by atoms with E-state index in [1.165, 1.54) is 12.8 Å². The topological polar surface area (TPSA) is 71.2 Å². The highest BCUT2D eigenvalue weighted by Crippen LogP contribution is 2.23. The van der Waals surface area contributed by atoms with Crippen molar-refractivity contribution in [2.24, 2.45) is 17.6 Å². The number of pyridine rings is 1. The maximum absolute atomic E-state index is 11.2. The Kier molecular flexibility index (Phi) is 5.56. The largest absolute Gasteiger partial charge is 0.371 e. The maximum atomic E-state index is 11.2. The van der Waals surface area contributed by atoms with Crippen LogP contribution in [0.15, 0.2) is 18.3 Å². The van der Waals surface area contributed by atoms with Gasteiger partial charge in [0.2, 0.25) is 0 Å². The number of amides is 1. The van der Waals surface area contributed by atoms with Crippen LogP contribution >= 0.6 is 0 Å². The van der Waals surface area contributed by atoms with Crippen LogP contribution in [0.5, 0.6) is 0 Å². The summed E-state index contributed by atoms with van der Waals surface area (Å²) < 4.78 is 0. The quantitative estimate of drug-likeness (QED) is 0.835. The second kappa shape index (κ2) is 7.41. The molecule has 1 amide bonds. The van der Waals surface area contributed by atoms with Crippen molar-refractivity contribution in [2.45, 2.75) is 26.7 Å². The monoisotopic (exact) mass is 290 g/mol. The van der Waals surface area contributed by atoms with Crippen molar-refractivity contribution in [3.8, 4) is 0 Å². The maximum Gasteiger partial charge on any atom is 0.267 e. The summed E-state index contributed by atoms with van der Waals surface area (Å²) in [5.41, 5.74) is 6.67. The molecule has 2 heterocycles. The van der Waals surface area contributed by atoms with Crippen molar-refractivity contribution in [1.82, 2.24) is 10.3 Å². The molecule has 21 heavy (non-hydrogen) atoms. The van der Waals surface area contributed by atoms with Crippen molar-refractivity contribution in [3.63, 3.8) is 0 Å². The van der Waals surface area contributed by atoms with Gasteiger partial charge in [0.15, 0.2) is 0 Å². The Morgan fingerprint density at radius 2 is 2.19 bits per heavy atom. The van der Waals surface area contributed by atoms with Crippen LogP contribution in [0.25, 0.3) is 0 Å². The number of nitrogens with two attached hydrogens (primary N) is 1. The lowest BCUT2D eigenvalue weighted by Crippen LogP contribution is -2.38. The Labute approximate surface area is 126 Å². The zero-order valence-corrected chi connectivity index (χ0v) is 13.0.